The predicted molar refractivity (Wildman–Crippen MR) is 134 cm³/mol. The third-order valence-corrected chi connectivity index (χ3v) is 6.53. The van der Waals surface area contributed by atoms with Gasteiger partial charge in [-0.25, -0.2) is 26.8 Å². The van der Waals surface area contributed by atoms with E-state index in [-0.39, 0.29) is 11.3 Å². The molecule has 40 heavy (non-hydrogen) atoms. The molecule has 2 aromatic carbocycles. The number of alkyl halides is 3. The SMILES string of the molecule is CCCn1nc(C)cc1CN(C)c1ccc(NS(=O)(=O)c2ccc(F)c(F)c2)cc1C(=O)O.O=C(O)C(F)(F)F. The van der Waals surface area contributed by atoms with Crippen LogP contribution < -0.4 is 9.62 Å². The number of benzene rings is 2. The van der Waals surface area contributed by atoms with E-state index in [1.54, 1.807) is 11.9 Å². The second kappa shape index (κ2) is 12.8. The van der Waals surface area contributed by atoms with Crippen molar-refractivity contribution in [3.05, 3.63) is 71.1 Å². The van der Waals surface area contributed by atoms with Crippen LogP contribution in [0, 0.1) is 18.6 Å². The molecular weight excluding hydrogens is 567 g/mol. The van der Waals surface area contributed by atoms with Gasteiger partial charge in [-0.05, 0) is 55.8 Å². The van der Waals surface area contributed by atoms with Crippen LogP contribution in [0.1, 0.15) is 35.1 Å². The maximum atomic E-state index is 13.5. The first-order valence-electron chi connectivity index (χ1n) is 11.4. The topological polar surface area (TPSA) is 142 Å². The van der Waals surface area contributed by atoms with E-state index in [2.05, 4.69) is 9.82 Å². The van der Waals surface area contributed by atoms with Crippen LogP contribution in [-0.2, 0) is 27.9 Å². The first-order chi connectivity index (χ1) is 18.5. The van der Waals surface area contributed by atoms with Gasteiger partial charge in [0.1, 0.15) is 0 Å². The van der Waals surface area contributed by atoms with Crippen molar-refractivity contribution in [1.82, 2.24) is 9.78 Å². The number of nitrogens with one attached hydrogen (secondary N) is 1. The molecule has 3 aromatic rings. The van der Waals surface area contributed by atoms with E-state index in [1.807, 2.05) is 24.6 Å². The zero-order valence-corrected chi connectivity index (χ0v) is 22.1. The van der Waals surface area contributed by atoms with Gasteiger partial charge in [-0.2, -0.15) is 18.3 Å². The van der Waals surface area contributed by atoms with E-state index in [4.69, 9.17) is 9.90 Å². The molecule has 3 N–H and O–H groups in total. The summed E-state index contributed by atoms with van der Waals surface area (Å²) < 4.78 is 87.5. The van der Waals surface area contributed by atoms with Crippen molar-refractivity contribution in [3.63, 3.8) is 0 Å². The van der Waals surface area contributed by atoms with Crippen LogP contribution in [-0.4, -0.2) is 53.6 Å². The Balaban J connectivity index is 0.000000708. The monoisotopic (exact) mass is 592 g/mol. The summed E-state index contributed by atoms with van der Waals surface area (Å²) in [6.07, 6.45) is -4.19. The van der Waals surface area contributed by atoms with E-state index in [0.717, 1.165) is 30.4 Å². The van der Waals surface area contributed by atoms with Crippen LogP contribution in [0.3, 0.4) is 0 Å². The van der Waals surface area contributed by atoms with Crippen molar-refractivity contribution < 1.29 is 50.2 Å². The maximum absolute atomic E-state index is 13.5. The number of hydrogen-bond acceptors (Lipinski definition) is 6. The average molecular weight is 593 g/mol. The number of aromatic nitrogens is 2. The highest BCUT2D eigenvalue weighted by molar-refractivity contribution is 7.92. The second-order valence-electron chi connectivity index (χ2n) is 8.38. The quantitative estimate of drug-likeness (QED) is 0.305. The summed E-state index contributed by atoms with van der Waals surface area (Å²) in [5.74, 6) is -6.49. The lowest BCUT2D eigenvalue weighted by Crippen LogP contribution is -2.22. The highest BCUT2D eigenvalue weighted by Crippen LogP contribution is 2.27. The Bertz CT molecular complexity index is 1490. The van der Waals surface area contributed by atoms with Gasteiger partial charge in [0.2, 0.25) is 0 Å². The molecule has 10 nitrogen and oxygen atoms in total. The highest BCUT2D eigenvalue weighted by atomic mass is 32.2. The van der Waals surface area contributed by atoms with Gasteiger partial charge in [-0.1, -0.05) is 6.92 Å². The van der Waals surface area contributed by atoms with Crippen molar-refractivity contribution in [2.75, 3.05) is 16.7 Å². The molecule has 0 atom stereocenters. The number of sulfonamides is 1. The molecule has 0 saturated heterocycles. The number of aliphatic carboxylic acids is 1. The summed E-state index contributed by atoms with van der Waals surface area (Å²) in [6.45, 7) is 5.04. The van der Waals surface area contributed by atoms with Crippen LogP contribution in [0.4, 0.5) is 33.3 Å². The van der Waals surface area contributed by atoms with Crippen molar-refractivity contribution in [3.8, 4) is 0 Å². The summed E-state index contributed by atoms with van der Waals surface area (Å²) in [7, 11) is -2.53. The van der Waals surface area contributed by atoms with Crippen LogP contribution >= 0.6 is 0 Å². The maximum Gasteiger partial charge on any atom is 0.490 e. The zero-order valence-electron chi connectivity index (χ0n) is 21.3. The lowest BCUT2D eigenvalue weighted by molar-refractivity contribution is -0.192. The zero-order chi connectivity index (χ0) is 30.4. The lowest BCUT2D eigenvalue weighted by Gasteiger charge is -2.22. The minimum absolute atomic E-state index is 0.0267. The largest absolute Gasteiger partial charge is 0.490 e. The molecule has 0 amide bonds. The summed E-state index contributed by atoms with van der Waals surface area (Å²) in [6, 6.07) is 8.18. The third-order valence-electron chi connectivity index (χ3n) is 5.15. The average Bonchev–Trinajstić information content (AvgIpc) is 3.18. The van der Waals surface area contributed by atoms with Crippen molar-refractivity contribution in [1.29, 1.82) is 0 Å². The first-order valence-corrected chi connectivity index (χ1v) is 12.8. The Morgan fingerprint density at radius 1 is 1.05 bits per heavy atom. The van der Waals surface area contributed by atoms with Gasteiger partial charge in [0.15, 0.2) is 11.6 Å². The lowest BCUT2D eigenvalue weighted by atomic mass is 10.1. The Labute approximate surface area is 225 Å². The minimum Gasteiger partial charge on any atom is -0.478 e. The molecule has 0 bridgehead atoms. The van der Waals surface area contributed by atoms with Crippen LogP contribution in [0.25, 0.3) is 0 Å². The van der Waals surface area contributed by atoms with Gasteiger partial charge in [-0.3, -0.25) is 9.40 Å². The molecule has 0 aliphatic heterocycles. The molecule has 1 aromatic heterocycles. The van der Waals surface area contributed by atoms with Gasteiger partial charge >= 0.3 is 18.1 Å². The Morgan fingerprint density at radius 3 is 2.20 bits per heavy atom. The first kappa shape index (κ1) is 32.0. The standard InChI is InChI=1S/C22H24F2N4O4S.C2HF3O2/c1-4-9-28-16(10-14(2)25-28)13-27(3)21-8-5-15(11-18(21)22(29)30)26-33(31,32)17-6-7-19(23)20(24)12-17;3-2(4,5)1(6)7/h5-8,10-12,26H,4,9,13H2,1-3H3,(H,29,30);(H,6,7). The number of anilines is 2. The third kappa shape index (κ3) is 8.39. The Morgan fingerprint density at radius 2 is 1.68 bits per heavy atom. The molecule has 0 spiro atoms. The van der Waals surface area contributed by atoms with Crippen LogP contribution in [0.2, 0.25) is 0 Å². The van der Waals surface area contributed by atoms with Crippen LogP contribution in [0.15, 0.2) is 47.4 Å². The summed E-state index contributed by atoms with van der Waals surface area (Å²) in [4.78, 5) is 22.1. The second-order valence-corrected chi connectivity index (χ2v) is 10.1. The molecule has 0 radical (unpaired) electrons. The molecule has 0 unspecified atom stereocenters. The number of rotatable bonds is 9. The number of halogens is 5. The summed E-state index contributed by atoms with van der Waals surface area (Å²) in [5, 5.41) is 21.3. The number of hydrogen-bond donors (Lipinski definition) is 3. The van der Waals surface area contributed by atoms with Crippen LogP contribution in [0.5, 0.6) is 0 Å². The summed E-state index contributed by atoms with van der Waals surface area (Å²) in [5.41, 5.74) is 1.99. The van der Waals surface area contributed by atoms with Gasteiger partial charge in [0, 0.05) is 19.3 Å². The van der Waals surface area contributed by atoms with Gasteiger partial charge < -0.3 is 15.1 Å². The minimum atomic E-state index is -5.08. The molecule has 16 heteroatoms. The molecule has 0 aliphatic carbocycles. The van der Waals surface area contributed by atoms with Crippen molar-refractivity contribution in [2.24, 2.45) is 0 Å². The number of aromatic carboxylic acids is 1. The summed E-state index contributed by atoms with van der Waals surface area (Å²) >= 11 is 0. The fourth-order valence-corrected chi connectivity index (χ4v) is 4.48. The molecule has 0 saturated carbocycles. The van der Waals surface area contributed by atoms with E-state index < -0.39 is 44.7 Å². The normalized spacial score (nSPS) is 11.4. The van der Waals surface area contributed by atoms with Gasteiger partial charge in [-0.15, -0.1) is 0 Å². The molecule has 0 fully saturated rings. The predicted octanol–water partition coefficient (Wildman–Crippen LogP) is 4.65. The number of carboxylic acid groups (broad SMARTS) is 2. The van der Waals surface area contributed by atoms with E-state index in [0.29, 0.717) is 24.4 Å². The van der Waals surface area contributed by atoms with E-state index in [1.165, 1.54) is 18.2 Å². The molecular formula is C24H25F5N4O6S. The number of nitrogens with zero attached hydrogens (tertiary/aromatic N) is 3. The van der Waals surface area contributed by atoms with Crippen molar-refractivity contribution in [2.45, 2.75) is 44.4 Å². The van der Waals surface area contributed by atoms with Gasteiger partial charge in [0.05, 0.1) is 34.1 Å². The van der Waals surface area contributed by atoms with E-state index in [9.17, 15) is 40.3 Å². The van der Waals surface area contributed by atoms with E-state index >= 15 is 0 Å². The number of carbonyl (C=O) groups is 2. The van der Waals surface area contributed by atoms with Gasteiger partial charge in [0.25, 0.3) is 10.0 Å². The molecule has 3 rings (SSSR count). The molecule has 1 heterocycles. The van der Waals surface area contributed by atoms with Crippen molar-refractivity contribution >= 4 is 33.3 Å². The Kier molecular flexibility index (Phi) is 10.2. The smallest absolute Gasteiger partial charge is 0.478 e. The molecule has 218 valence electrons. The number of aryl methyl sites for hydroxylation is 2. The fourth-order valence-electron chi connectivity index (χ4n) is 3.42. The highest BCUT2D eigenvalue weighted by Gasteiger charge is 2.38. The molecule has 0 aliphatic rings. The Hall–Kier alpha value is -4.21. The number of carboxylic acids is 2. The fraction of sp³-hybridized carbons (Fsp3) is 0.292.